The van der Waals surface area contributed by atoms with E-state index in [9.17, 15) is 18.4 Å². The Balaban J connectivity index is 1.83. The molecule has 1 atom stereocenters. The summed E-state index contributed by atoms with van der Waals surface area (Å²) in [6, 6.07) is 2.85. The van der Waals surface area contributed by atoms with Crippen LogP contribution in [0.2, 0.25) is 0 Å². The molecule has 1 saturated heterocycles. The number of benzene rings is 1. The van der Waals surface area contributed by atoms with E-state index < -0.39 is 23.4 Å². The molecule has 0 unspecified atom stereocenters. The molecule has 108 valence electrons. The van der Waals surface area contributed by atoms with Gasteiger partial charge >= 0.3 is 11.8 Å². The highest BCUT2D eigenvalue weighted by atomic mass is 19.2. The molecule has 0 bridgehead atoms. The molecule has 1 aliphatic heterocycles. The Labute approximate surface area is 114 Å². The topological polar surface area (TPSA) is 67.4 Å². The first-order valence-electron chi connectivity index (χ1n) is 6.22. The normalized spacial score (nSPS) is 17.8. The van der Waals surface area contributed by atoms with Crippen molar-refractivity contribution < 1.29 is 23.1 Å². The van der Waals surface area contributed by atoms with Crippen molar-refractivity contribution in [1.29, 1.82) is 0 Å². The van der Waals surface area contributed by atoms with Gasteiger partial charge in [0.1, 0.15) is 0 Å². The summed E-state index contributed by atoms with van der Waals surface area (Å²) in [5, 5.41) is 4.61. The van der Waals surface area contributed by atoms with Gasteiger partial charge in [0.15, 0.2) is 11.6 Å². The number of hydrogen-bond donors (Lipinski definition) is 2. The van der Waals surface area contributed by atoms with E-state index in [1.54, 1.807) is 0 Å². The van der Waals surface area contributed by atoms with Crippen molar-refractivity contribution in [1.82, 2.24) is 5.32 Å². The molecule has 0 radical (unpaired) electrons. The molecule has 2 rings (SSSR count). The highest BCUT2D eigenvalue weighted by molar-refractivity contribution is 6.39. The monoisotopic (exact) mass is 284 g/mol. The van der Waals surface area contributed by atoms with Crippen molar-refractivity contribution in [2.45, 2.75) is 18.9 Å². The van der Waals surface area contributed by atoms with E-state index in [0.717, 1.165) is 25.0 Å². The number of amides is 2. The first-order valence-corrected chi connectivity index (χ1v) is 6.22. The van der Waals surface area contributed by atoms with Crippen LogP contribution in [0.3, 0.4) is 0 Å². The van der Waals surface area contributed by atoms with Crippen LogP contribution in [0.25, 0.3) is 0 Å². The molecule has 0 spiro atoms. The standard InChI is InChI=1S/C13H14F2N2O3/c14-10-4-3-8(6-11(10)15)17-13(19)12(18)16-7-9-2-1-5-20-9/h3-4,6,9H,1-2,5,7H2,(H,16,18)(H,17,19)/t9-/m1/s1. The average Bonchev–Trinajstić information content (AvgIpc) is 2.93. The first kappa shape index (κ1) is 14.4. The van der Waals surface area contributed by atoms with Crippen molar-refractivity contribution in [2.75, 3.05) is 18.5 Å². The Kier molecular flexibility index (Phi) is 4.62. The van der Waals surface area contributed by atoms with Gasteiger partial charge in [-0.05, 0) is 25.0 Å². The van der Waals surface area contributed by atoms with Gasteiger partial charge < -0.3 is 15.4 Å². The minimum atomic E-state index is -1.09. The lowest BCUT2D eigenvalue weighted by molar-refractivity contribution is -0.136. The van der Waals surface area contributed by atoms with Crippen LogP contribution in [0.4, 0.5) is 14.5 Å². The van der Waals surface area contributed by atoms with Crippen LogP contribution in [-0.4, -0.2) is 31.1 Å². The van der Waals surface area contributed by atoms with Gasteiger partial charge in [-0.1, -0.05) is 0 Å². The van der Waals surface area contributed by atoms with Crippen LogP contribution in [-0.2, 0) is 14.3 Å². The zero-order valence-corrected chi connectivity index (χ0v) is 10.6. The van der Waals surface area contributed by atoms with Gasteiger partial charge in [0.05, 0.1) is 6.10 Å². The van der Waals surface area contributed by atoms with E-state index >= 15 is 0 Å². The molecule has 5 nitrogen and oxygen atoms in total. The molecule has 20 heavy (non-hydrogen) atoms. The summed E-state index contributed by atoms with van der Waals surface area (Å²) >= 11 is 0. The zero-order chi connectivity index (χ0) is 14.5. The number of halogens is 2. The summed E-state index contributed by atoms with van der Waals surface area (Å²) in [5.74, 6) is -3.90. The predicted molar refractivity (Wildman–Crippen MR) is 67.0 cm³/mol. The van der Waals surface area contributed by atoms with Gasteiger partial charge in [-0.3, -0.25) is 9.59 Å². The molecule has 1 heterocycles. The summed E-state index contributed by atoms with van der Waals surface area (Å²) < 4.78 is 30.9. The summed E-state index contributed by atoms with van der Waals surface area (Å²) in [6.45, 7) is 0.908. The van der Waals surface area contributed by atoms with E-state index in [1.807, 2.05) is 0 Å². The molecule has 2 N–H and O–H groups in total. The fourth-order valence-corrected chi connectivity index (χ4v) is 1.85. The Bertz CT molecular complexity index is 516. The van der Waals surface area contributed by atoms with Crippen LogP contribution in [0.1, 0.15) is 12.8 Å². The number of hydrogen-bond acceptors (Lipinski definition) is 3. The van der Waals surface area contributed by atoms with E-state index in [0.29, 0.717) is 6.61 Å². The van der Waals surface area contributed by atoms with E-state index in [-0.39, 0.29) is 18.3 Å². The smallest absolute Gasteiger partial charge is 0.313 e. The maximum Gasteiger partial charge on any atom is 0.313 e. The van der Waals surface area contributed by atoms with E-state index in [2.05, 4.69) is 10.6 Å². The van der Waals surface area contributed by atoms with Crippen molar-refractivity contribution in [3.05, 3.63) is 29.8 Å². The van der Waals surface area contributed by atoms with Crippen LogP contribution in [0.15, 0.2) is 18.2 Å². The Hall–Kier alpha value is -2.02. The predicted octanol–water partition coefficient (Wildman–Crippen LogP) is 1.20. The zero-order valence-electron chi connectivity index (χ0n) is 10.6. The lowest BCUT2D eigenvalue weighted by Gasteiger charge is -2.10. The van der Waals surface area contributed by atoms with Crippen LogP contribution in [0, 0.1) is 11.6 Å². The average molecular weight is 284 g/mol. The number of ether oxygens (including phenoxy) is 1. The number of carbonyl (C=O) groups is 2. The van der Waals surface area contributed by atoms with Crippen molar-refractivity contribution >= 4 is 17.5 Å². The molecule has 1 aromatic carbocycles. The largest absolute Gasteiger partial charge is 0.376 e. The first-order chi connectivity index (χ1) is 9.56. The molecule has 0 saturated carbocycles. The summed E-state index contributed by atoms with van der Waals surface area (Å²) in [6.07, 6.45) is 1.70. The Morgan fingerprint density at radius 2 is 2.05 bits per heavy atom. The maximum absolute atomic E-state index is 12.9. The van der Waals surface area contributed by atoms with Crippen LogP contribution in [0.5, 0.6) is 0 Å². The number of carbonyl (C=O) groups excluding carboxylic acids is 2. The molecule has 0 aromatic heterocycles. The fourth-order valence-electron chi connectivity index (χ4n) is 1.85. The summed E-state index contributed by atoms with van der Waals surface area (Å²) in [7, 11) is 0. The third-order valence-corrected chi connectivity index (χ3v) is 2.90. The van der Waals surface area contributed by atoms with Crippen molar-refractivity contribution in [2.24, 2.45) is 0 Å². The molecule has 1 aromatic rings. The van der Waals surface area contributed by atoms with Gasteiger partial charge in [-0.2, -0.15) is 0 Å². The quantitative estimate of drug-likeness (QED) is 0.820. The SMILES string of the molecule is O=C(NC[C@H]1CCCO1)C(=O)Nc1ccc(F)c(F)c1. The Morgan fingerprint density at radius 1 is 1.25 bits per heavy atom. The fraction of sp³-hybridized carbons (Fsp3) is 0.385. The maximum atomic E-state index is 12.9. The van der Waals surface area contributed by atoms with Gasteiger partial charge in [0, 0.05) is 24.9 Å². The van der Waals surface area contributed by atoms with Crippen LogP contribution < -0.4 is 10.6 Å². The highest BCUT2D eigenvalue weighted by Crippen LogP contribution is 2.13. The lowest BCUT2D eigenvalue weighted by atomic mass is 10.2. The molecular formula is C13H14F2N2O3. The molecule has 1 fully saturated rings. The third kappa shape index (κ3) is 3.74. The Morgan fingerprint density at radius 3 is 2.70 bits per heavy atom. The molecule has 1 aliphatic rings. The number of nitrogens with one attached hydrogen (secondary N) is 2. The van der Waals surface area contributed by atoms with Crippen molar-refractivity contribution in [3.8, 4) is 0 Å². The van der Waals surface area contributed by atoms with Gasteiger partial charge in [0.2, 0.25) is 0 Å². The second-order valence-electron chi connectivity index (χ2n) is 4.43. The molecule has 0 aliphatic carbocycles. The summed E-state index contributed by atoms with van der Waals surface area (Å²) in [5.41, 5.74) is 0.0150. The minimum Gasteiger partial charge on any atom is -0.376 e. The second-order valence-corrected chi connectivity index (χ2v) is 4.43. The summed E-state index contributed by atoms with van der Waals surface area (Å²) in [4.78, 5) is 23.0. The van der Waals surface area contributed by atoms with Crippen LogP contribution >= 0.6 is 0 Å². The van der Waals surface area contributed by atoms with E-state index in [4.69, 9.17) is 4.74 Å². The lowest BCUT2D eigenvalue weighted by Crippen LogP contribution is -2.39. The molecule has 2 amide bonds. The second kappa shape index (κ2) is 6.42. The van der Waals surface area contributed by atoms with Gasteiger partial charge in [-0.15, -0.1) is 0 Å². The third-order valence-electron chi connectivity index (χ3n) is 2.90. The highest BCUT2D eigenvalue weighted by Gasteiger charge is 2.19. The molecular weight excluding hydrogens is 270 g/mol. The van der Waals surface area contributed by atoms with Gasteiger partial charge in [0.25, 0.3) is 0 Å². The number of rotatable bonds is 3. The minimum absolute atomic E-state index is 0.0150. The molecule has 7 heteroatoms. The van der Waals surface area contributed by atoms with Crippen molar-refractivity contribution in [3.63, 3.8) is 0 Å². The van der Waals surface area contributed by atoms with Gasteiger partial charge in [-0.25, -0.2) is 8.78 Å². The number of anilines is 1. The van der Waals surface area contributed by atoms with E-state index in [1.165, 1.54) is 6.07 Å².